The lowest BCUT2D eigenvalue weighted by atomic mass is 9.96. The molecule has 0 saturated carbocycles. The van der Waals surface area contributed by atoms with Crippen LogP contribution in [0.25, 0.3) is 0 Å². The Labute approximate surface area is 145 Å². The van der Waals surface area contributed by atoms with Crippen LogP contribution in [-0.2, 0) is 12.8 Å². The molecular weight excluding hydrogens is 348 g/mol. The van der Waals surface area contributed by atoms with Crippen LogP contribution in [0.4, 0.5) is 0 Å². The molecule has 116 valence electrons. The van der Waals surface area contributed by atoms with E-state index in [1.807, 2.05) is 12.1 Å². The molecule has 3 aromatic carbocycles. The molecule has 2 heteroatoms. The lowest BCUT2D eigenvalue weighted by Gasteiger charge is -2.12. The molecule has 0 aliphatic heterocycles. The van der Waals surface area contributed by atoms with Gasteiger partial charge in [0.05, 0.1) is 0 Å². The summed E-state index contributed by atoms with van der Waals surface area (Å²) in [5.74, 6) is 0. The molecule has 0 spiro atoms. The van der Waals surface area contributed by atoms with Crippen molar-refractivity contribution in [3.63, 3.8) is 0 Å². The summed E-state index contributed by atoms with van der Waals surface area (Å²) < 4.78 is 0. The Kier molecular flexibility index (Phi) is 5.27. The third-order valence-corrected chi connectivity index (χ3v) is 4.38. The molecule has 0 radical (unpaired) electrons. The Morgan fingerprint density at radius 2 is 1.09 bits per heavy atom. The number of alkyl halides is 1. The van der Waals surface area contributed by atoms with Crippen molar-refractivity contribution in [1.82, 2.24) is 0 Å². The second-order valence-corrected chi connectivity index (χ2v) is 6.61. The predicted molar refractivity (Wildman–Crippen MR) is 98.8 cm³/mol. The van der Waals surface area contributed by atoms with Gasteiger partial charge in [-0.3, -0.25) is 0 Å². The fourth-order valence-corrected chi connectivity index (χ4v) is 3.06. The zero-order chi connectivity index (χ0) is 16.1. The summed E-state index contributed by atoms with van der Waals surface area (Å²) in [6, 6.07) is 27.2. The highest BCUT2D eigenvalue weighted by Gasteiger charge is 2.08. The second kappa shape index (κ2) is 7.58. The van der Waals surface area contributed by atoms with E-state index in [-0.39, 0.29) is 0 Å². The van der Waals surface area contributed by atoms with Gasteiger partial charge in [-0.05, 0) is 40.7 Å². The summed E-state index contributed by atoms with van der Waals surface area (Å²) in [5.41, 5.74) is 5.90. The van der Waals surface area contributed by atoms with Crippen LogP contribution in [0.15, 0.2) is 78.9 Å². The maximum Gasteiger partial charge on any atom is 0.134 e. The van der Waals surface area contributed by atoms with Gasteiger partial charge in [0, 0.05) is 0 Å². The van der Waals surface area contributed by atoms with E-state index in [2.05, 4.69) is 82.7 Å². The Balaban J connectivity index is 1.90. The van der Waals surface area contributed by atoms with Crippen molar-refractivity contribution in [2.24, 2.45) is 0 Å². The van der Waals surface area contributed by atoms with Crippen molar-refractivity contribution in [2.45, 2.75) is 17.9 Å². The van der Waals surface area contributed by atoms with E-state index in [9.17, 15) is 5.11 Å². The van der Waals surface area contributed by atoms with Gasteiger partial charge in [-0.25, -0.2) is 0 Å². The van der Waals surface area contributed by atoms with Crippen molar-refractivity contribution < 1.29 is 5.11 Å². The first-order chi connectivity index (χ1) is 11.2. The van der Waals surface area contributed by atoms with Crippen LogP contribution >= 0.6 is 15.9 Å². The normalized spacial score (nSPS) is 12.1. The number of hydrogen-bond donors (Lipinski definition) is 1. The van der Waals surface area contributed by atoms with Gasteiger partial charge in [0.25, 0.3) is 0 Å². The Morgan fingerprint density at radius 3 is 1.48 bits per heavy atom. The number of aliphatic hydroxyl groups is 1. The smallest absolute Gasteiger partial charge is 0.134 e. The molecule has 3 aromatic rings. The number of aliphatic hydroxyl groups excluding tert-OH is 1. The van der Waals surface area contributed by atoms with Crippen molar-refractivity contribution >= 4 is 15.9 Å². The first-order valence-corrected chi connectivity index (χ1v) is 8.65. The van der Waals surface area contributed by atoms with E-state index < -0.39 is 5.01 Å². The number of halogens is 1. The third kappa shape index (κ3) is 4.54. The molecule has 0 aromatic heterocycles. The molecule has 1 nitrogen and oxygen atoms in total. The summed E-state index contributed by atoms with van der Waals surface area (Å²) in [4.78, 5) is 0. The predicted octanol–water partition coefficient (Wildman–Crippen LogP) is 5.25. The zero-order valence-corrected chi connectivity index (χ0v) is 14.4. The lowest BCUT2D eigenvalue weighted by Crippen LogP contribution is -1.97. The summed E-state index contributed by atoms with van der Waals surface area (Å²) in [6.45, 7) is 0. The molecule has 0 bridgehead atoms. The topological polar surface area (TPSA) is 20.2 Å². The minimum atomic E-state index is -0.632. The Bertz CT molecular complexity index is 692. The largest absolute Gasteiger partial charge is 0.377 e. The van der Waals surface area contributed by atoms with E-state index in [1.165, 1.54) is 22.3 Å². The first kappa shape index (κ1) is 16.0. The summed E-state index contributed by atoms with van der Waals surface area (Å²) in [6.07, 6.45) is 1.74. The van der Waals surface area contributed by atoms with E-state index in [4.69, 9.17) is 0 Å². The maximum absolute atomic E-state index is 9.92. The highest BCUT2D eigenvalue weighted by molar-refractivity contribution is 9.09. The lowest BCUT2D eigenvalue weighted by molar-refractivity contribution is 0.277. The van der Waals surface area contributed by atoms with Gasteiger partial charge >= 0.3 is 0 Å². The van der Waals surface area contributed by atoms with E-state index in [0.29, 0.717) is 0 Å². The van der Waals surface area contributed by atoms with Gasteiger partial charge in [0.2, 0.25) is 0 Å². The molecule has 0 saturated heterocycles. The molecular formula is C21H19BrO. The molecule has 0 aliphatic carbocycles. The first-order valence-electron chi connectivity index (χ1n) is 7.73. The Morgan fingerprint density at radius 1 is 0.652 bits per heavy atom. The van der Waals surface area contributed by atoms with E-state index >= 15 is 0 Å². The van der Waals surface area contributed by atoms with Crippen LogP contribution < -0.4 is 0 Å². The molecule has 0 aliphatic rings. The molecule has 0 heterocycles. The second-order valence-electron chi connectivity index (χ2n) is 5.74. The van der Waals surface area contributed by atoms with Gasteiger partial charge < -0.3 is 5.11 Å². The average Bonchev–Trinajstić information content (AvgIpc) is 2.56. The van der Waals surface area contributed by atoms with E-state index in [1.54, 1.807) is 0 Å². The van der Waals surface area contributed by atoms with Gasteiger partial charge in [0.15, 0.2) is 0 Å². The van der Waals surface area contributed by atoms with Crippen molar-refractivity contribution in [3.05, 3.63) is 107 Å². The molecule has 0 amide bonds. The molecule has 3 rings (SSSR count). The maximum atomic E-state index is 9.92. The monoisotopic (exact) mass is 366 g/mol. The van der Waals surface area contributed by atoms with Gasteiger partial charge in [-0.2, -0.15) is 0 Å². The van der Waals surface area contributed by atoms with Gasteiger partial charge in [0.1, 0.15) is 5.01 Å². The number of hydrogen-bond acceptors (Lipinski definition) is 1. The zero-order valence-electron chi connectivity index (χ0n) is 12.8. The quantitative estimate of drug-likeness (QED) is 0.611. The molecule has 1 atom stereocenters. The van der Waals surface area contributed by atoms with Crippen LogP contribution in [-0.4, -0.2) is 5.11 Å². The average molecular weight is 367 g/mol. The molecule has 23 heavy (non-hydrogen) atoms. The van der Waals surface area contributed by atoms with Crippen molar-refractivity contribution in [2.75, 3.05) is 0 Å². The fraction of sp³-hybridized carbons (Fsp3) is 0.143. The van der Waals surface area contributed by atoms with Crippen LogP contribution in [0.5, 0.6) is 0 Å². The Hall–Kier alpha value is -1.90. The van der Waals surface area contributed by atoms with Gasteiger partial charge in [-0.1, -0.05) is 94.8 Å². The van der Waals surface area contributed by atoms with Crippen LogP contribution in [0.2, 0.25) is 0 Å². The number of rotatable bonds is 5. The standard InChI is InChI=1S/C21H19BrO/c22-21(23)20-14-18(11-16-7-3-1-4-8-16)13-19(15-20)12-17-9-5-2-6-10-17/h1-10,13-15,21,23H,11-12H2. The van der Waals surface area contributed by atoms with Crippen molar-refractivity contribution in [3.8, 4) is 0 Å². The van der Waals surface area contributed by atoms with Crippen LogP contribution in [0.1, 0.15) is 32.8 Å². The summed E-state index contributed by atoms with van der Waals surface area (Å²) in [5, 5.41) is 9.29. The van der Waals surface area contributed by atoms with Crippen LogP contribution in [0.3, 0.4) is 0 Å². The fourth-order valence-electron chi connectivity index (χ4n) is 2.80. The highest BCUT2D eigenvalue weighted by Crippen LogP contribution is 2.24. The summed E-state index contributed by atoms with van der Waals surface area (Å²) >= 11 is 3.28. The van der Waals surface area contributed by atoms with Crippen molar-refractivity contribution in [1.29, 1.82) is 0 Å². The minimum absolute atomic E-state index is 0.632. The third-order valence-electron chi connectivity index (χ3n) is 3.85. The van der Waals surface area contributed by atoms with Gasteiger partial charge in [-0.15, -0.1) is 0 Å². The molecule has 0 fully saturated rings. The SMILES string of the molecule is OC(Br)c1cc(Cc2ccccc2)cc(Cc2ccccc2)c1. The number of benzene rings is 3. The summed E-state index contributed by atoms with van der Waals surface area (Å²) in [7, 11) is 0. The van der Waals surface area contributed by atoms with Crippen LogP contribution in [0, 0.1) is 0 Å². The van der Waals surface area contributed by atoms with E-state index in [0.717, 1.165) is 18.4 Å². The minimum Gasteiger partial charge on any atom is -0.377 e. The highest BCUT2D eigenvalue weighted by atomic mass is 79.9. The molecule has 1 unspecified atom stereocenters. The molecule has 1 N–H and O–H groups in total.